The molecule has 2 atom stereocenters. The molecular weight excluding hydrogens is 789 g/mol. The number of aromatic hydroxyl groups is 1. The molecule has 0 bridgehead atoms. The van der Waals surface area contributed by atoms with Crippen molar-refractivity contribution < 1.29 is 19.7 Å². The van der Waals surface area contributed by atoms with E-state index in [1.165, 1.54) is 57.4 Å². The number of phenolic OH excluding ortho intramolecular Hbond substituents is 1. The Bertz CT molecular complexity index is 1820. The lowest BCUT2D eigenvalue weighted by Gasteiger charge is -2.42. The zero-order chi connectivity index (χ0) is 48.1. The van der Waals surface area contributed by atoms with Gasteiger partial charge in [-0.2, -0.15) is 5.26 Å². The minimum absolute atomic E-state index is 0.0306. The molecule has 6 nitrogen and oxygen atoms in total. The summed E-state index contributed by atoms with van der Waals surface area (Å²) >= 11 is 0. The first-order valence-corrected chi connectivity index (χ1v) is 25.0. The van der Waals surface area contributed by atoms with Gasteiger partial charge in [-0.05, 0) is 94.0 Å². The van der Waals surface area contributed by atoms with Crippen LogP contribution in [0.15, 0.2) is 47.5 Å². The van der Waals surface area contributed by atoms with Gasteiger partial charge < -0.3 is 19.7 Å². The minimum Gasteiger partial charge on any atom is -0.507 e. The lowest BCUT2D eigenvalue weighted by molar-refractivity contribution is 0.0323. The summed E-state index contributed by atoms with van der Waals surface area (Å²) in [4.78, 5) is 5.31. The van der Waals surface area contributed by atoms with Crippen LogP contribution in [0.2, 0.25) is 0 Å². The third-order valence-corrected chi connectivity index (χ3v) is 12.9. The minimum atomic E-state index is -1.66. The topological polar surface area (TPSA) is 95.1 Å². The summed E-state index contributed by atoms with van der Waals surface area (Å²) < 4.78 is 13.8. The van der Waals surface area contributed by atoms with Crippen LogP contribution in [-0.2, 0) is 27.3 Å². The van der Waals surface area contributed by atoms with Gasteiger partial charge in [-0.25, -0.2) is 0 Å². The predicted molar refractivity (Wildman–Crippen MR) is 272 cm³/mol. The van der Waals surface area contributed by atoms with Gasteiger partial charge in [-0.15, -0.1) is 0 Å². The largest absolute Gasteiger partial charge is 0.507 e. The predicted octanol–water partition coefficient (Wildman–Crippen LogP) is 15.7. The first kappa shape index (κ1) is 54.5. The lowest BCUT2D eigenvalue weighted by atomic mass is 9.68. The molecule has 2 unspecified atom stereocenters. The van der Waals surface area contributed by atoms with Crippen molar-refractivity contribution in [3.8, 4) is 23.3 Å². The molecule has 0 aromatic heterocycles. The van der Waals surface area contributed by atoms with E-state index in [9.17, 15) is 15.5 Å². The van der Waals surface area contributed by atoms with E-state index in [4.69, 9.17) is 14.5 Å². The lowest BCUT2D eigenvalue weighted by Crippen LogP contribution is -2.44. The Balaban J connectivity index is 2.52. The summed E-state index contributed by atoms with van der Waals surface area (Å²) in [7, 11) is 0. The van der Waals surface area contributed by atoms with E-state index in [-0.39, 0.29) is 33.3 Å². The first-order valence-electron chi connectivity index (χ1n) is 25.0. The highest BCUT2D eigenvalue weighted by atomic mass is 16.5. The van der Waals surface area contributed by atoms with Crippen LogP contribution >= 0.6 is 0 Å². The maximum Gasteiger partial charge on any atom is 0.137 e. The van der Waals surface area contributed by atoms with Gasteiger partial charge in [0, 0.05) is 34.0 Å². The zero-order valence-electron chi connectivity index (χ0n) is 43.5. The average Bonchev–Trinajstić information content (AvgIpc) is 3.21. The number of nitrogens with zero attached hydrogens (tertiary/aromatic N) is 2. The number of aliphatic imine (C=N–C) groups is 1. The molecule has 0 aliphatic heterocycles. The van der Waals surface area contributed by atoms with Crippen molar-refractivity contribution in [2.24, 2.45) is 10.9 Å². The van der Waals surface area contributed by atoms with Gasteiger partial charge in [-0.3, -0.25) is 4.99 Å². The second-order valence-corrected chi connectivity index (χ2v) is 22.8. The molecule has 64 heavy (non-hydrogen) atoms. The van der Waals surface area contributed by atoms with Crippen LogP contribution in [-0.4, -0.2) is 35.7 Å². The molecular formula is C58H90N2O4. The normalized spacial score (nSPS) is 13.9. The molecule has 0 radical (unpaired) electrons. The highest BCUT2D eigenvalue weighted by Gasteiger charge is 2.46. The average molecular weight is 879 g/mol. The van der Waals surface area contributed by atoms with Crippen molar-refractivity contribution in [3.63, 3.8) is 0 Å². The number of phenols is 1. The van der Waals surface area contributed by atoms with Crippen molar-refractivity contribution >= 4 is 6.21 Å². The Kier molecular flexibility index (Phi) is 20.1. The molecule has 0 spiro atoms. The number of rotatable bonds is 23. The number of nitriles is 1. The van der Waals surface area contributed by atoms with E-state index in [0.29, 0.717) is 24.3 Å². The number of benzene rings is 3. The van der Waals surface area contributed by atoms with Gasteiger partial charge in [0.05, 0.1) is 30.9 Å². The fraction of sp³-hybridized carbons (Fsp3) is 0.655. The monoisotopic (exact) mass is 879 g/mol. The quantitative estimate of drug-likeness (QED) is 0.0731. The number of unbranched alkanes of at least 4 members (excludes halogenated alkanes) is 10. The third kappa shape index (κ3) is 14.6. The molecule has 3 rings (SSSR count). The van der Waals surface area contributed by atoms with Gasteiger partial charge in [0.2, 0.25) is 0 Å². The number of hydrogen-bond acceptors (Lipinski definition) is 6. The van der Waals surface area contributed by atoms with Crippen LogP contribution in [0.25, 0.3) is 0 Å². The molecule has 356 valence electrons. The standard InChI is InChI=1S/C58H90N2O4/c1-17-20-22-24-26-28-32-63-51-46(54(5,6)7)35-44(36-47(51)55(8,9)10)58(62,53(41(4)19-3)60-40-43-34-42(39-59)30-31-50(43)61)45-37-48(56(11,12)13)52(49(38-45)57(14,15)16)64-33-29-27-25-23-21-18-2/h30-31,34-38,40-41,53,61-62H,17-29,32-33H2,1-16H3. The molecule has 0 aliphatic rings. The van der Waals surface area contributed by atoms with Gasteiger partial charge >= 0.3 is 0 Å². The zero-order valence-corrected chi connectivity index (χ0v) is 43.5. The molecule has 3 aromatic carbocycles. The van der Waals surface area contributed by atoms with Gasteiger partial charge in [0.25, 0.3) is 0 Å². The molecule has 6 heteroatoms. The van der Waals surface area contributed by atoms with E-state index >= 15 is 0 Å². The van der Waals surface area contributed by atoms with Crippen molar-refractivity contribution in [1.82, 2.24) is 0 Å². The van der Waals surface area contributed by atoms with Crippen molar-refractivity contribution in [3.05, 3.63) is 87.0 Å². The summed E-state index contributed by atoms with van der Waals surface area (Å²) in [6, 6.07) is 15.1. The molecule has 0 amide bonds. The molecule has 0 heterocycles. The van der Waals surface area contributed by atoms with E-state index in [2.05, 4.69) is 141 Å². The van der Waals surface area contributed by atoms with E-state index < -0.39 is 11.6 Å². The van der Waals surface area contributed by atoms with Gasteiger partial charge in [0.1, 0.15) is 22.8 Å². The Morgan fingerprint density at radius 2 is 0.969 bits per heavy atom. The molecule has 0 aliphatic carbocycles. The second-order valence-electron chi connectivity index (χ2n) is 22.8. The summed E-state index contributed by atoms with van der Waals surface area (Å²) in [6.45, 7) is 36.9. The van der Waals surface area contributed by atoms with Crippen LogP contribution in [0.5, 0.6) is 17.2 Å². The highest BCUT2D eigenvalue weighted by molar-refractivity contribution is 5.84. The molecule has 2 N–H and O–H groups in total. The van der Waals surface area contributed by atoms with Gasteiger partial charge in [0.15, 0.2) is 0 Å². The SMILES string of the molecule is CCCCCCCCOc1c(C(C)(C)C)cc(C(O)(c2cc(C(C)(C)C)c(OCCCCCCCC)c(C(C)(C)C)c2)C(N=Cc2cc(C#N)ccc2O)C(C)CC)cc1C(C)(C)C. The summed E-state index contributed by atoms with van der Waals surface area (Å²) in [5.74, 6) is 1.74. The maximum absolute atomic E-state index is 14.4. The fourth-order valence-corrected chi connectivity index (χ4v) is 8.64. The van der Waals surface area contributed by atoms with Crippen molar-refractivity contribution in [2.45, 2.75) is 228 Å². The Hall–Kier alpha value is -3.82. The van der Waals surface area contributed by atoms with E-state index in [1.807, 2.05) is 0 Å². The first-order chi connectivity index (χ1) is 29.9. The van der Waals surface area contributed by atoms with Crippen LogP contribution in [0.4, 0.5) is 0 Å². The Morgan fingerprint density at radius 1 is 0.594 bits per heavy atom. The number of ether oxygens (including phenoxy) is 2. The van der Waals surface area contributed by atoms with Crippen LogP contribution in [0.3, 0.4) is 0 Å². The van der Waals surface area contributed by atoms with Crippen molar-refractivity contribution in [2.75, 3.05) is 13.2 Å². The van der Waals surface area contributed by atoms with Crippen LogP contribution in [0.1, 0.15) is 239 Å². The fourth-order valence-electron chi connectivity index (χ4n) is 8.64. The third-order valence-electron chi connectivity index (χ3n) is 12.9. The molecule has 0 fully saturated rings. The maximum atomic E-state index is 14.4. The van der Waals surface area contributed by atoms with E-state index in [0.717, 1.165) is 77.0 Å². The Labute approximate surface area is 391 Å². The smallest absolute Gasteiger partial charge is 0.137 e. The molecule has 0 saturated carbocycles. The summed E-state index contributed by atoms with van der Waals surface area (Å²) in [6.07, 6.45) is 16.6. The Morgan fingerprint density at radius 3 is 1.31 bits per heavy atom. The van der Waals surface area contributed by atoms with Crippen molar-refractivity contribution in [1.29, 1.82) is 5.26 Å². The highest BCUT2D eigenvalue weighted by Crippen LogP contribution is 2.50. The summed E-state index contributed by atoms with van der Waals surface area (Å²) in [5, 5.41) is 35.2. The second kappa shape index (κ2) is 23.6. The molecule has 0 saturated heterocycles. The van der Waals surface area contributed by atoms with Gasteiger partial charge in [-0.1, -0.05) is 181 Å². The number of hydrogen-bond donors (Lipinski definition) is 2. The molecule has 3 aromatic rings. The summed E-state index contributed by atoms with van der Waals surface area (Å²) in [5.41, 5.74) is 3.62. The number of aliphatic hydroxyl groups is 1. The van der Waals surface area contributed by atoms with Crippen LogP contribution in [0, 0.1) is 17.2 Å². The van der Waals surface area contributed by atoms with E-state index in [1.54, 1.807) is 18.3 Å². The van der Waals surface area contributed by atoms with Crippen LogP contribution < -0.4 is 9.47 Å².